The van der Waals surface area contributed by atoms with Crippen LogP contribution in [0, 0.1) is 0 Å². The standard InChI is InChI=1S/C10H22O3/c1-9(12)5-3-2-4-6-10(13)7-8-11/h9-13H,2-8H2,1H3. The van der Waals surface area contributed by atoms with E-state index in [0.29, 0.717) is 6.42 Å². The van der Waals surface area contributed by atoms with Gasteiger partial charge in [-0.1, -0.05) is 19.3 Å². The Kier molecular flexibility index (Phi) is 8.40. The summed E-state index contributed by atoms with van der Waals surface area (Å²) in [5, 5.41) is 26.7. The van der Waals surface area contributed by atoms with Crippen molar-refractivity contribution >= 4 is 0 Å². The van der Waals surface area contributed by atoms with Gasteiger partial charge in [-0.05, 0) is 26.2 Å². The maximum Gasteiger partial charge on any atom is 0.0562 e. The van der Waals surface area contributed by atoms with Gasteiger partial charge in [-0.3, -0.25) is 0 Å². The molecule has 0 aliphatic carbocycles. The van der Waals surface area contributed by atoms with Crippen molar-refractivity contribution in [3.05, 3.63) is 0 Å². The Hall–Kier alpha value is -0.120. The number of rotatable bonds is 8. The van der Waals surface area contributed by atoms with E-state index in [4.69, 9.17) is 10.2 Å². The molecule has 0 bridgehead atoms. The quantitative estimate of drug-likeness (QED) is 0.502. The Morgan fingerprint density at radius 2 is 1.54 bits per heavy atom. The minimum Gasteiger partial charge on any atom is -0.396 e. The zero-order chi connectivity index (χ0) is 10.1. The molecule has 0 heterocycles. The van der Waals surface area contributed by atoms with Crippen LogP contribution in [0.25, 0.3) is 0 Å². The van der Waals surface area contributed by atoms with Crippen molar-refractivity contribution in [2.45, 2.75) is 57.7 Å². The molecule has 0 saturated heterocycles. The van der Waals surface area contributed by atoms with E-state index in [-0.39, 0.29) is 18.8 Å². The molecule has 0 saturated carbocycles. The van der Waals surface area contributed by atoms with Crippen molar-refractivity contribution in [1.82, 2.24) is 0 Å². The van der Waals surface area contributed by atoms with E-state index in [2.05, 4.69) is 0 Å². The molecule has 3 heteroatoms. The van der Waals surface area contributed by atoms with Gasteiger partial charge >= 0.3 is 0 Å². The molecule has 2 atom stereocenters. The molecule has 0 aliphatic heterocycles. The molecule has 0 amide bonds. The van der Waals surface area contributed by atoms with Crippen LogP contribution >= 0.6 is 0 Å². The van der Waals surface area contributed by atoms with Gasteiger partial charge in [0.05, 0.1) is 12.2 Å². The van der Waals surface area contributed by atoms with Crippen LogP contribution in [0.2, 0.25) is 0 Å². The summed E-state index contributed by atoms with van der Waals surface area (Å²) in [4.78, 5) is 0. The molecule has 0 aromatic carbocycles. The second kappa shape index (κ2) is 8.48. The summed E-state index contributed by atoms with van der Waals surface area (Å²) in [5.74, 6) is 0. The predicted octanol–water partition coefficient (Wildman–Crippen LogP) is 1.06. The van der Waals surface area contributed by atoms with Crippen molar-refractivity contribution in [1.29, 1.82) is 0 Å². The van der Waals surface area contributed by atoms with Crippen LogP contribution in [0.5, 0.6) is 0 Å². The summed E-state index contributed by atoms with van der Waals surface area (Å²) in [7, 11) is 0. The average molecular weight is 190 g/mol. The molecule has 0 radical (unpaired) electrons. The van der Waals surface area contributed by atoms with E-state index in [9.17, 15) is 5.11 Å². The van der Waals surface area contributed by atoms with Gasteiger partial charge in [0, 0.05) is 6.61 Å². The highest BCUT2D eigenvalue weighted by Gasteiger charge is 2.02. The van der Waals surface area contributed by atoms with Crippen LogP contribution in [-0.4, -0.2) is 34.1 Å². The fraction of sp³-hybridized carbons (Fsp3) is 1.00. The molecule has 3 N–H and O–H groups in total. The van der Waals surface area contributed by atoms with Gasteiger partial charge in [0.15, 0.2) is 0 Å². The minimum absolute atomic E-state index is 0.0643. The first-order valence-corrected chi connectivity index (χ1v) is 5.13. The smallest absolute Gasteiger partial charge is 0.0562 e. The van der Waals surface area contributed by atoms with Gasteiger partial charge in [0.2, 0.25) is 0 Å². The summed E-state index contributed by atoms with van der Waals surface area (Å²) >= 11 is 0. The number of hydrogen-bond donors (Lipinski definition) is 3. The van der Waals surface area contributed by atoms with Crippen molar-refractivity contribution < 1.29 is 15.3 Å². The molecule has 0 rings (SSSR count). The maximum absolute atomic E-state index is 9.25. The lowest BCUT2D eigenvalue weighted by molar-refractivity contribution is 0.121. The first kappa shape index (κ1) is 12.9. The SMILES string of the molecule is CC(O)CCCCCC(O)CCO. The second-order valence-corrected chi connectivity index (χ2v) is 3.65. The topological polar surface area (TPSA) is 60.7 Å². The number of aliphatic hydroxyl groups excluding tert-OH is 3. The van der Waals surface area contributed by atoms with E-state index in [1.165, 1.54) is 0 Å². The maximum atomic E-state index is 9.25. The zero-order valence-corrected chi connectivity index (χ0v) is 8.45. The van der Waals surface area contributed by atoms with Gasteiger partial charge in [-0.25, -0.2) is 0 Å². The lowest BCUT2D eigenvalue weighted by Crippen LogP contribution is -2.08. The highest BCUT2D eigenvalue weighted by molar-refractivity contribution is 4.56. The molecule has 0 aromatic heterocycles. The molecular formula is C10H22O3. The van der Waals surface area contributed by atoms with Crippen LogP contribution < -0.4 is 0 Å². The van der Waals surface area contributed by atoms with E-state index < -0.39 is 0 Å². The summed E-state index contributed by atoms with van der Waals surface area (Å²) in [6, 6.07) is 0. The molecule has 13 heavy (non-hydrogen) atoms. The van der Waals surface area contributed by atoms with Gasteiger partial charge in [0.1, 0.15) is 0 Å². The van der Waals surface area contributed by atoms with E-state index in [0.717, 1.165) is 32.1 Å². The lowest BCUT2D eigenvalue weighted by Gasteiger charge is -2.08. The summed E-state index contributed by atoms with van der Waals surface area (Å²) in [6.07, 6.45) is 4.58. The van der Waals surface area contributed by atoms with Gasteiger partial charge < -0.3 is 15.3 Å². The molecule has 0 aromatic rings. The lowest BCUT2D eigenvalue weighted by atomic mass is 10.1. The number of unbranched alkanes of at least 4 members (excludes halogenated alkanes) is 2. The van der Waals surface area contributed by atoms with E-state index in [1.54, 1.807) is 6.92 Å². The molecule has 2 unspecified atom stereocenters. The van der Waals surface area contributed by atoms with Crippen LogP contribution in [-0.2, 0) is 0 Å². The van der Waals surface area contributed by atoms with Crippen molar-refractivity contribution in [2.24, 2.45) is 0 Å². The summed E-state index contributed by atoms with van der Waals surface area (Å²) in [5.41, 5.74) is 0. The highest BCUT2D eigenvalue weighted by atomic mass is 16.3. The van der Waals surface area contributed by atoms with Crippen LogP contribution in [0.4, 0.5) is 0 Å². The third-order valence-electron chi connectivity index (χ3n) is 2.12. The summed E-state index contributed by atoms with van der Waals surface area (Å²) < 4.78 is 0. The van der Waals surface area contributed by atoms with Crippen LogP contribution in [0.15, 0.2) is 0 Å². The number of hydrogen-bond acceptors (Lipinski definition) is 3. The van der Waals surface area contributed by atoms with E-state index in [1.807, 2.05) is 0 Å². The molecule has 0 aliphatic rings. The van der Waals surface area contributed by atoms with Crippen molar-refractivity contribution in [2.75, 3.05) is 6.61 Å². The Morgan fingerprint density at radius 1 is 0.923 bits per heavy atom. The molecule has 0 spiro atoms. The molecule has 80 valence electrons. The second-order valence-electron chi connectivity index (χ2n) is 3.65. The largest absolute Gasteiger partial charge is 0.396 e. The van der Waals surface area contributed by atoms with Gasteiger partial charge in [-0.15, -0.1) is 0 Å². The Labute approximate surface area is 80.4 Å². The Bertz CT molecular complexity index is 104. The monoisotopic (exact) mass is 190 g/mol. The summed E-state index contributed by atoms with van der Waals surface area (Å²) in [6.45, 7) is 1.86. The Morgan fingerprint density at radius 3 is 2.08 bits per heavy atom. The van der Waals surface area contributed by atoms with Gasteiger partial charge in [-0.2, -0.15) is 0 Å². The fourth-order valence-electron chi connectivity index (χ4n) is 1.29. The molecule has 3 nitrogen and oxygen atoms in total. The number of aliphatic hydroxyl groups is 3. The minimum atomic E-state index is -0.350. The Balaban J connectivity index is 3.06. The normalized spacial score (nSPS) is 15.7. The predicted molar refractivity (Wildman–Crippen MR) is 52.5 cm³/mol. The first-order chi connectivity index (χ1) is 6.16. The third-order valence-corrected chi connectivity index (χ3v) is 2.12. The van der Waals surface area contributed by atoms with Crippen LogP contribution in [0.1, 0.15) is 45.4 Å². The van der Waals surface area contributed by atoms with E-state index >= 15 is 0 Å². The molecular weight excluding hydrogens is 168 g/mol. The van der Waals surface area contributed by atoms with Crippen molar-refractivity contribution in [3.63, 3.8) is 0 Å². The van der Waals surface area contributed by atoms with Gasteiger partial charge in [0.25, 0.3) is 0 Å². The third kappa shape index (κ3) is 9.80. The first-order valence-electron chi connectivity index (χ1n) is 5.13. The van der Waals surface area contributed by atoms with Crippen LogP contribution in [0.3, 0.4) is 0 Å². The van der Waals surface area contributed by atoms with Crippen molar-refractivity contribution in [3.8, 4) is 0 Å². The molecule has 0 fully saturated rings. The zero-order valence-electron chi connectivity index (χ0n) is 8.45. The highest BCUT2D eigenvalue weighted by Crippen LogP contribution is 2.08. The average Bonchev–Trinajstić information content (AvgIpc) is 2.03. The fourth-order valence-corrected chi connectivity index (χ4v) is 1.29.